The van der Waals surface area contributed by atoms with Crippen LogP contribution >= 0.6 is 22.9 Å². The van der Waals surface area contributed by atoms with E-state index < -0.39 is 6.10 Å². The van der Waals surface area contributed by atoms with Crippen LogP contribution in [0.3, 0.4) is 0 Å². The molecule has 2 aromatic carbocycles. The average molecular weight is 440 g/mol. The molecule has 30 heavy (non-hydrogen) atoms. The average Bonchev–Trinajstić information content (AvgIpc) is 3.37. The molecule has 4 rings (SSSR count). The number of carbonyl (C=O) groups excluding carboxylic acids is 1. The SMILES string of the molecule is O=C(Cc1ccccc1)c1ccc(C2C(CCCc3nccs3)[C@H](Cl)C[C@H]2O)cc1. The summed E-state index contributed by atoms with van der Waals surface area (Å²) in [5.74, 6) is 0.351. The van der Waals surface area contributed by atoms with Crippen LogP contribution in [0.4, 0.5) is 0 Å². The van der Waals surface area contributed by atoms with Gasteiger partial charge in [-0.1, -0.05) is 54.6 Å². The minimum absolute atomic E-state index is 0.0158. The van der Waals surface area contributed by atoms with Crippen LogP contribution in [0.2, 0.25) is 0 Å². The Hall–Kier alpha value is -2.01. The number of aliphatic hydroxyl groups is 1. The summed E-state index contributed by atoms with van der Waals surface area (Å²) < 4.78 is 0. The molecule has 0 aliphatic heterocycles. The Morgan fingerprint density at radius 3 is 2.60 bits per heavy atom. The summed E-state index contributed by atoms with van der Waals surface area (Å²) in [4.78, 5) is 17.0. The van der Waals surface area contributed by atoms with Crippen LogP contribution in [0, 0.1) is 5.92 Å². The largest absolute Gasteiger partial charge is 0.392 e. The Morgan fingerprint density at radius 1 is 1.13 bits per heavy atom. The summed E-state index contributed by atoms with van der Waals surface area (Å²) >= 11 is 8.31. The van der Waals surface area contributed by atoms with Crippen molar-refractivity contribution in [1.29, 1.82) is 0 Å². The van der Waals surface area contributed by atoms with E-state index in [0.29, 0.717) is 18.4 Å². The number of aliphatic hydroxyl groups excluding tert-OH is 1. The van der Waals surface area contributed by atoms with E-state index in [4.69, 9.17) is 11.6 Å². The molecule has 3 aromatic rings. The molecule has 1 aromatic heterocycles. The van der Waals surface area contributed by atoms with E-state index in [9.17, 15) is 9.90 Å². The van der Waals surface area contributed by atoms with Gasteiger partial charge in [-0.05, 0) is 42.7 Å². The number of halogens is 1. The van der Waals surface area contributed by atoms with Gasteiger partial charge in [0.15, 0.2) is 5.78 Å². The third-order valence-corrected chi connectivity index (χ3v) is 7.38. The summed E-state index contributed by atoms with van der Waals surface area (Å²) in [7, 11) is 0. The standard InChI is InChI=1S/C25H26ClNO2S/c26-21-16-23(29)25(20(21)7-4-8-24-27-13-14-30-24)19-11-9-18(10-12-19)22(28)15-17-5-2-1-3-6-17/h1-3,5-6,9-14,20-21,23,25,29H,4,7-8,15-16H2/t20?,21-,23-,25?/m1/s1. The predicted octanol–water partition coefficient (Wildman–Crippen LogP) is 5.66. The number of aromatic nitrogens is 1. The number of nitrogens with zero attached hydrogens (tertiary/aromatic N) is 1. The molecule has 3 nitrogen and oxygen atoms in total. The van der Waals surface area contributed by atoms with E-state index in [2.05, 4.69) is 4.98 Å². The molecule has 2 unspecified atom stereocenters. The van der Waals surface area contributed by atoms with Crippen molar-refractivity contribution in [3.8, 4) is 0 Å². The molecule has 5 heteroatoms. The van der Waals surface area contributed by atoms with Crippen molar-refractivity contribution >= 4 is 28.7 Å². The molecule has 1 N–H and O–H groups in total. The minimum atomic E-state index is -0.441. The Morgan fingerprint density at radius 2 is 1.90 bits per heavy atom. The fourth-order valence-electron chi connectivity index (χ4n) is 4.53. The number of benzene rings is 2. The van der Waals surface area contributed by atoms with Crippen molar-refractivity contribution in [3.05, 3.63) is 87.9 Å². The van der Waals surface area contributed by atoms with Gasteiger partial charge >= 0.3 is 0 Å². The summed E-state index contributed by atoms with van der Waals surface area (Å²) in [6, 6.07) is 17.6. The third kappa shape index (κ3) is 5.00. The van der Waals surface area contributed by atoms with Gasteiger partial charge in [0.1, 0.15) is 0 Å². The second-order valence-corrected chi connectivity index (χ2v) is 9.57. The lowest BCUT2D eigenvalue weighted by molar-refractivity contribution is 0.0993. The lowest BCUT2D eigenvalue weighted by atomic mass is 9.84. The van der Waals surface area contributed by atoms with Crippen molar-refractivity contribution in [2.75, 3.05) is 0 Å². The van der Waals surface area contributed by atoms with Crippen molar-refractivity contribution in [3.63, 3.8) is 0 Å². The molecule has 1 aliphatic carbocycles. The first-order chi connectivity index (χ1) is 14.6. The van der Waals surface area contributed by atoms with Crippen LogP contribution in [0.1, 0.15) is 51.7 Å². The molecule has 1 saturated carbocycles. The first-order valence-electron chi connectivity index (χ1n) is 10.5. The molecule has 1 fully saturated rings. The zero-order valence-electron chi connectivity index (χ0n) is 16.8. The lowest BCUT2D eigenvalue weighted by Crippen LogP contribution is -2.19. The zero-order chi connectivity index (χ0) is 20.9. The summed E-state index contributed by atoms with van der Waals surface area (Å²) in [5, 5.41) is 13.8. The van der Waals surface area contributed by atoms with Gasteiger partial charge in [-0.2, -0.15) is 0 Å². The van der Waals surface area contributed by atoms with E-state index in [0.717, 1.165) is 35.4 Å². The highest BCUT2D eigenvalue weighted by molar-refractivity contribution is 7.09. The monoisotopic (exact) mass is 439 g/mol. The topological polar surface area (TPSA) is 50.2 Å². The molecule has 0 amide bonds. The number of hydrogen-bond donors (Lipinski definition) is 1. The van der Waals surface area contributed by atoms with Crippen molar-refractivity contribution in [2.45, 2.75) is 49.5 Å². The van der Waals surface area contributed by atoms with E-state index in [1.165, 1.54) is 0 Å². The molecule has 0 spiro atoms. The van der Waals surface area contributed by atoms with E-state index in [1.807, 2.05) is 66.2 Å². The molecule has 156 valence electrons. The second kappa shape index (κ2) is 9.86. The van der Waals surface area contributed by atoms with Gasteiger partial charge in [0, 0.05) is 34.9 Å². The maximum atomic E-state index is 12.6. The number of hydrogen-bond acceptors (Lipinski definition) is 4. The predicted molar refractivity (Wildman–Crippen MR) is 122 cm³/mol. The van der Waals surface area contributed by atoms with Gasteiger partial charge in [0.2, 0.25) is 0 Å². The summed E-state index contributed by atoms with van der Waals surface area (Å²) in [5.41, 5.74) is 2.79. The number of alkyl halides is 1. The molecule has 1 heterocycles. The van der Waals surface area contributed by atoms with Crippen LogP contribution in [0.15, 0.2) is 66.2 Å². The number of ketones is 1. The molecular weight excluding hydrogens is 414 g/mol. The highest BCUT2D eigenvalue weighted by Gasteiger charge is 2.41. The molecule has 1 aliphatic rings. The fourth-order valence-corrected chi connectivity index (χ4v) is 5.66. The number of Topliss-reactive ketones (excluding diaryl/α,β-unsaturated/α-hetero) is 1. The van der Waals surface area contributed by atoms with E-state index in [-0.39, 0.29) is 23.0 Å². The van der Waals surface area contributed by atoms with Gasteiger partial charge < -0.3 is 5.11 Å². The maximum Gasteiger partial charge on any atom is 0.167 e. The zero-order valence-corrected chi connectivity index (χ0v) is 18.4. The Labute approximate surface area is 186 Å². The van der Waals surface area contributed by atoms with E-state index >= 15 is 0 Å². The molecule has 0 saturated heterocycles. The van der Waals surface area contributed by atoms with Gasteiger partial charge in [-0.3, -0.25) is 4.79 Å². The van der Waals surface area contributed by atoms with Crippen LogP contribution in [-0.4, -0.2) is 27.4 Å². The van der Waals surface area contributed by atoms with Gasteiger partial charge in [0.25, 0.3) is 0 Å². The first-order valence-corrected chi connectivity index (χ1v) is 11.8. The molecule has 0 radical (unpaired) electrons. The summed E-state index contributed by atoms with van der Waals surface area (Å²) in [6.45, 7) is 0. The highest BCUT2D eigenvalue weighted by Crippen LogP contribution is 2.45. The maximum absolute atomic E-state index is 12.6. The Bertz CT molecular complexity index is 943. The van der Waals surface area contributed by atoms with Gasteiger partial charge in [-0.25, -0.2) is 4.98 Å². The van der Waals surface area contributed by atoms with Crippen molar-refractivity contribution in [1.82, 2.24) is 4.98 Å². The van der Waals surface area contributed by atoms with Crippen LogP contribution < -0.4 is 0 Å². The molecule has 0 bridgehead atoms. The normalized spacial score (nSPS) is 23.5. The minimum Gasteiger partial charge on any atom is -0.392 e. The van der Waals surface area contributed by atoms with Gasteiger partial charge in [0.05, 0.1) is 11.1 Å². The second-order valence-electron chi connectivity index (χ2n) is 8.03. The van der Waals surface area contributed by atoms with Crippen LogP contribution in [0.25, 0.3) is 0 Å². The van der Waals surface area contributed by atoms with Crippen LogP contribution in [0.5, 0.6) is 0 Å². The van der Waals surface area contributed by atoms with Crippen molar-refractivity contribution < 1.29 is 9.90 Å². The Balaban J connectivity index is 1.42. The molecular formula is C25H26ClNO2S. The number of carbonyl (C=O) groups is 1. The highest BCUT2D eigenvalue weighted by atomic mass is 35.5. The lowest BCUT2D eigenvalue weighted by Gasteiger charge is -2.24. The Kier molecular flexibility index (Phi) is 6.98. The molecule has 4 atom stereocenters. The smallest absolute Gasteiger partial charge is 0.167 e. The quantitative estimate of drug-likeness (QED) is 0.363. The van der Waals surface area contributed by atoms with E-state index in [1.54, 1.807) is 11.3 Å². The summed E-state index contributed by atoms with van der Waals surface area (Å²) in [6.07, 6.45) is 5.34. The van der Waals surface area contributed by atoms with Crippen LogP contribution in [-0.2, 0) is 12.8 Å². The number of thiazole rings is 1. The first kappa shape index (κ1) is 21.2. The van der Waals surface area contributed by atoms with Crippen molar-refractivity contribution in [2.24, 2.45) is 5.92 Å². The number of aryl methyl sites for hydroxylation is 1. The number of rotatable bonds is 8. The fraction of sp³-hybridized carbons (Fsp3) is 0.360. The third-order valence-electron chi connectivity index (χ3n) is 6.04. The van der Waals surface area contributed by atoms with Gasteiger partial charge in [-0.15, -0.1) is 22.9 Å².